The second kappa shape index (κ2) is 14.4. The minimum Gasteiger partial charge on any atom is -0.490 e. The maximum absolute atomic E-state index is 14.1. The molecule has 9 nitrogen and oxygen atoms in total. The SMILES string of the molecule is C[C@H](CO)N1C[C@H](C)[C@@H](CN(C)S(=O)(=O)c2ccc(F)cc2)OCCCC[C@H](C)Oc2ccc(N(C)C)cc2C1=O. The first kappa shape index (κ1) is 32.8. The van der Waals surface area contributed by atoms with Crippen LogP contribution in [0.3, 0.4) is 0 Å². The van der Waals surface area contributed by atoms with Gasteiger partial charge in [-0.1, -0.05) is 6.92 Å². The lowest BCUT2D eigenvalue weighted by atomic mass is 10.0. The number of fused-ring (bicyclic) bond motifs is 1. The molecule has 3 rings (SSSR count). The monoisotopic (exact) mass is 593 g/mol. The second-order valence-corrected chi connectivity index (χ2v) is 13.2. The maximum atomic E-state index is 14.1. The lowest BCUT2D eigenvalue weighted by molar-refractivity contribution is -0.00833. The summed E-state index contributed by atoms with van der Waals surface area (Å²) < 4.78 is 53.6. The fourth-order valence-electron chi connectivity index (χ4n) is 4.79. The van der Waals surface area contributed by atoms with Crippen LogP contribution in [0.2, 0.25) is 0 Å². The van der Waals surface area contributed by atoms with Crippen molar-refractivity contribution in [3.63, 3.8) is 0 Å². The van der Waals surface area contributed by atoms with E-state index >= 15 is 0 Å². The van der Waals surface area contributed by atoms with Crippen molar-refractivity contribution in [2.24, 2.45) is 5.92 Å². The van der Waals surface area contributed by atoms with Crippen molar-refractivity contribution < 1.29 is 32.2 Å². The van der Waals surface area contributed by atoms with Crippen LogP contribution in [0.25, 0.3) is 0 Å². The number of likely N-dealkylation sites (N-methyl/N-ethyl adjacent to an activating group) is 1. The maximum Gasteiger partial charge on any atom is 0.258 e. The Balaban J connectivity index is 1.96. The number of amides is 1. The van der Waals surface area contributed by atoms with Crippen LogP contribution in [0.15, 0.2) is 47.4 Å². The minimum absolute atomic E-state index is 0.0112. The zero-order valence-electron chi connectivity index (χ0n) is 24.9. The minimum atomic E-state index is -3.90. The first-order chi connectivity index (χ1) is 19.3. The van der Waals surface area contributed by atoms with Gasteiger partial charge in [-0.25, -0.2) is 12.8 Å². The number of halogens is 1. The summed E-state index contributed by atoms with van der Waals surface area (Å²) in [5, 5.41) is 10.1. The van der Waals surface area contributed by atoms with E-state index in [9.17, 15) is 22.7 Å². The van der Waals surface area contributed by atoms with Crippen molar-refractivity contribution in [3.8, 4) is 5.75 Å². The number of nitrogens with zero attached hydrogens (tertiary/aromatic N) is 3. The van der Waals surface area contributed by atoms with Crippen molar-refractivity contribution >= 4 is 21.6 Å². The van der Waals surface area contributed by atoms with Gasteiger partial charge in [0.25, 0.3) is 5.91 Å². The number of aliphatic hydroxyl groups is 1. The topological polar surface area (TPSA) is 99.6 Å². The fraction of sp³-hybridized carbons (Fsp3) is 0.567. The molecule has 2 aromatic carbocycles. The van der Waals surface area contributed by atoms with Crippen LogP contribution >= 0.6 is 0 Å². The third kappa shape index (κ3) is 8.41. The van der Waals surface area contributed by atoms with Crippen LogP contribution in [-0.2, 0) is 14.8 Å². The van der Waals surface area contributed by atoms with Gasteiger partial charge >= 0.3 is 0 Å². The quantitative estimate of drug-likeness (QED) is 0.518. The number of sulfonamides is 1. The lowest BCUT2D eigenvalue weighted by Gasteiger charge is -2.35. The first-order valence-corrected chi connectivity index (χ1v) is 15.5. The molecule has 0 aliphatic carbocycles. The van der Waals surface area contributed by atoms with Crippen LogP contribution in [0.5, 0.6) is 5.75 Å². The number of hydrogen-bond acceptors (Lipinski definition) is 7. The van der Waals surface area contributed by atoms with E-state index in [0.29, 0.717) is 17.9 Å². The van der Waals surface area contributed by atoms with Gasteiger partial charge in [-0.15, -0.1) is 0 Å². The van der Waals surface area contributed by atoms with Crippen LogP contribution in [0.1, 0.15) is 50.4 Å². The number of ether oxygens (including phenoxy) is 2. The summed E-state index contributed by atoms with van der Waals surface area (Å²) in [6, 6.07) is 9.73. The van der Waals surface area contributed by atoms with E-state index in [1.807, 2.05) is 45.0 Å². The normalized spacial score (nSPS) is 22.0. The van der Waals surface area contributed by atoms with E-state index in [0.717, 1.165) is 37.1 Å². The van der Waals surface area contributed by atoms with Gasteiger partial charge in [-0.2, -0.15) is 4.31 Å². The molecule has 2 aromatic rings. The zero-order valence-corrected chi connectivity index (χ0v) is 25.7. The summed E-state index contributed by atoms with van der Waals surface area (Å²) in [5.41, 5.74) is 1.24. The Kier molecular flexibility index (Phi) is 11.5. The van der Waals surface area contributed by atoms with Gasteiger partial charge < -0.3 is 24.4 Å². The van der Waals surface area contributed by atoms with E-state index in [4.69, 9.17) is 9.47 Å². The molecule has 0 spiro atoms. The number of carbonyl (C=O) groups is 1. The molecule has 1 heterocycles. The Hall–Kier alpha value is -2.73. The van der Waals surface area contributed by atoms with Crippen LogP contribution in [0, 0.1) is 11.7 Å². The second-order valence-electron chi connectivity index (χ2n) is 11.1. The molecule has 1 aliphatic heterocycles. The van der Waals surface area contributed by atoms with Crippen molar-refractivity contribution in [2.75, 3.05) is 52.3 Å². The van der Waals surface area contributed by atoms with E-state index < -0.39 is 28.0 Å². The third-order valence-electron chi connectivity index (χ3n) is 7.51. The number of hydrogen-bond donors (Lipinski definition) is 1. The highest BCUT2D eigenvalue weighted by Gasteiger charge is 2.32. The standard InChI is InChI=1S/C30H44FN3O6S/c1-21-18-34(22(2)20-35)30(36)27-17-25(32(4)5)12-15-28(27)40-23(3)9-7-8-16-39-29(21)19-33(6)41(37,38)26-13-10-24(31)11-14-26/h10-15,17,21-23,29,35H,7-9,16,18-20H2,1-6H3/t21-,22+,23-,29+/m0/s1. The molecule has 0 aromatic heterocycles. The molecule has 0 fully saturated rings. The molecule has 1 amide bonds. The summed E-state index contributed by atoms with van der Waals surface area (Å²) in [7, 11) is 1.36. The molecule has 0 radical (unpaired) electrons. The number of rotatable bonds is 7. The van der Waals surface area contributed by atoms with Crippen molar-refractivity contribution in [1.29, 1.82) is 0 Å². The van der Waals surface area contributed by atoms with E-state index in [1.165, 1.54) is 23.5 Å². The third-order valence-corrected chi connectivity index (χ3v) is 9.35. The van der Waals surface area contributed by atoms with Crippen molar-refractivity contribution in [3.05, 3.63) is 53.8 Å². The zero-order chi connectivity index (χ0) is 30.3. The molecule has 0 saturated heterocycles. The van der Waals surface area contributed by atoms with E-state index in [-0.39, 0.29) is 42.5 Å². The number of aliphatic hydroxyl groups excluding tert-OH is 1. The average Bonchev–Trinajstić information content (AvgIpc) is 2.93. The molecule has 4 atom stereocenters. The summed E-state index contributed by atoms with van der Waals surface area (Å²) in [5.74, 6) is -0.600. The summed E-state index contributed by atoms with van der Waals surface area (Å²) >= 11 is 0. The Bertz CT molecular complexity index is 1260. The van der Waals surface area contributed by atoms with E-state index in [1.54, 1.807) is 17.9 Å². The fourth-order valence-corrected chi connectivity index (χ4v) is 5.97. The van der Waals surface area contributed by atoms with Gasteiger partial charge in [0.1, 0.15) is 11.6 Å². The molecular weight excluding hydrogens is 549 g/mol. The van der Waals surface area contributed by atoms with Crippen molar-refractivity contribution in [1.82, 2.24) is 9.21 Å². The predicted molar refractivity (Wildman–Crippen MR) is 157 cm³/mol. The molecule has 11 heteroatoms. The largest absolute Gasteiger partial charge is 0.490 e. The highest BCUT2D eigenvalue weighted by Crippen LogP contribution is 2.29. The van der Waals surface area contributed by atoms with Gasteiger partial charge in [0.2, 0.25) is 10.0 Å². The number of carbonyl (C=O) groups excluding carboxylic acids is 1. The van der Waals surface area contributed by atoms with Crippen LogP contribution in [-0.4, -0.2) is 94.3 Å². The molecular formula is C30H44FN3O6S. The molecule has 0 saturated carbocycles. The molecule has 1 aliphatic rings. The van der Waals surface area contributed by atoms with Crippen molar-refractivity contribution in [2.45, 2.75) is 63.2 Å². The Labute approximate surface area is 243 Å². The smallest absolute Gasteiger partial charge is 0.258 e. The van der Waals surface area contributed by atoms with Crippen LogP contribution < -0.4 is 9.64 Å². The van der Waals surface area contributed by atoms with E-state index in [2.05, 4.69) is 0 Å². The number of benzene rings is 2. The lowest BCUT2D eigenvalue weighted by Crippen LogP contribution is -2.48. The molecule has 41 heavy (non-hydrogen) atoms. The predicted octanol–water partition coefficient (Wildman–Crippen LogP) is 4.01. The highest BCUT2D eigenvalue weighted by molar-refractivity contribution is 7.89. The summed E-state index contributed by atoms with van der Waals surface area (Å²) in [6.07, 6.45) is 1.66. The Morgan fingerprint density at radius 1 is 1.10 bits per heavy atom. The van der Waals surface area contributed by atoms with Crippen LogP contribution in [0.4, 0.5) is 10.1 Å². The average molecular weight is 594 g/mol. The molecule has 228 valence electrons. The molecule has 1 N–H and O–H groups in total. The summed E-state index contributed by atoms with van der Waals surface area (Å²) in [6.45, 7) is 6.08. The molecule has 0 unspecified atom stereocenters. The van der Waals surface area contributed by atoms with Gasteiger partial charge in [-0.3, -0.25) is 4.79 Å². The van der Waals surface area contributed by atoms with Gasteiger partial charge in [-0.05, 0) is 75.6 Å². The first-order valence-electron chi connectivity index (χ1n) is 14.1. The molecule has 0 bridgehead atoms. The van der Waals surface area contributed by atoms with Gasteiger partial charge in [0, 0.05) is 52.4 Å². The van der Waals surface area contributed by atoms with Gasteiger partial charge in [0.05, 0.1) is 35.3 Å². The number of anilines is 1. The van der Waals surface area contributed by atoms with Gasteiger partial charge in [0.15, 0.2) is 0 Å². The summed E-state index contributed by atoms with van der Waals surface area (Å²) in [4.78, 5) is 17.6. The highest BCUT2D eigenvalue weighted by atomic mass is 32.2. The Morgan fingerprint density at radius 3 is 2.41 bits per heavy atom. The Morgan fingerprint density at radius 2 is 1.78 bits per heavy atom.